The van der Waals surface area contributed by atoms with E-state index in [2.05, 4.69) is 34.4 Å². The monoisotopic (exact) mass is 577 g/mol. The summed E-state index contributed by atoms with van der Waals surface area (Å²) >= 11 is 0. The van der Waals surface area contributed by atoms with Crippen LogP contribution in [0.2, 0.25) is 0 Å². The minimum Gasteiger partial charge on any atom is -0.759 e. The Morgan fingerprint density at radius 1 is 0.448 bits per heavy atom. The topological polar surface area (TPSA) is 468 Å². The van der Waals surface area contributed by atoms with Gasteiger partial charge in [0.05, 0.1) is 0 Å². The van der Waals surface area contributed by atoms with Crippen molar-refractivity contribution < 1.29 is 86.7 Å². The summed E-state index contributed by atoms with van der Waals surface area (Å²) < 4.78 is 102. The minimum absolute atomic E-state index is 0. The molecule has 0 amide bonds. The van der Waals surface area contributed by atoms with Crippen molar-refractivity contribution in [2.75, 3.05) is 0 Å². The molecule has 0 saturated carbocycles. The fourth-order valence-corrected chi connectivity index (χ4v) is 0. The van der Waals surface area contributed by atoms with Crippen LogP contribution >= 0.6 is 0 Å². The largest absolute Gasteiger partial charge is 3.00 e. The Morgan fingerprint density at radius 2 is 0.448 bits per heavy atom. The van der Waals surface area contributed by atoms with E-state index in [-0.39, 0.29) is 52.0 Å². The molecule has 0 rings (SSSR count). The first kappa shape index (κ1) is 50.8. The van der Waals surface area contributed by atoms with E-state index >= 15 is 0 Å². The Bertz CT molecular complexity index is 585. The van der Waals surface area contributed by atoms with Crippen molar-refractivity contribution in [3.05, 3.63) is 0 Å². The molecule has 0 unspecified atom stereocenters. The second-order valence-corrected chi connectivity index (χ2v) is 5.04. The third-order valence-corrected chi connectivity index (χ3v) is 0. The molecule has 0 atom stereocenters. The fraction of sp³-hybridized carbons (Fsp3) is 0. The molecule has 178 valence electrons. The molecule has 0 aromatic rings. The van der Waals surface area contributed by atoms with Crippen LogP contribution in [0.5, 0.6) is 0 Å². The number of nitrogens with two attached hydrogens (primary N) is 6. The van der Waals surface area contributed by atoms with Gasteiger partial charge in [0.25, 0.3) is 0 Å². The Labute approximate surface area is 186 Å². The fourth-order valence-electron chi connectivity index (χ4n) is 0. The smallest absolute Gasteiger partial charge is 0.759 e. The van der Waals surface area contributed by atoms with Crippen molar-refractivity contribution in [2.45, 2.75) is 0 Å². The first-order valence-electron chi connectivity index (χ1n) is 4.48. The van der Waals surface area contributed by atoms with E-state index in [4.69, 9.17) is 68.8 Å². The van der Waals surface area contributed by atoms with Gasteiger partial charge in [0, 0.05) is 31.2 Å². The van der Waals surface area contributed by atoms with E-state index in [0.29, 0.717) is 0 Å². The maximum absolute atomic E-state index is 8.52. The van der Waals surface area contributed by atoms with Crippen molar-refractivity contribution in [1.29, 1.82) is 16.2 Å². The van der Waals surface area contributed by atoms with Crippen LogP contribution < -0.4 is 34.4 Å². The van der Waals surface area contributed by atoms with Crippen LogP contribution in [0.3, 0.4) is 0 Å². The first-order valence-corrected chi connectivity index (χ1v) is 8.48. The third kappa shape index (κ3) is 6670. The predicted molar refractivity (Wildman–Crippen MR) is 79.7 cm³/mol. The summed E-state index contributed by atoms with van der Waals surface area (Å²) in [6, 6.07) is 0. The Morgan fingerprint density at radius 3 is 0.448 bits per heavy atom. The van der Waals surface area contributed by atoms with Gasteiger partial charge in [-0.25, -0.2) is 0 Å². The van der Waals surface area contributed by atoms with Gasteiger partial charge in [-0.1, -0.05) is 0 Å². The molecule has 0 heterocycles. The molecule has 0 aliphatic heterocycles. The summed E-state index contributed by atoms with van der Waals surface area (Å²) in [6.45, 7) is 0. The van der Waals surface area contributed by atoms with Gasteiger partial charge in [-0.15, -0.1) is 0 Å². The van der Waals surface area contributed by atoms with E-state index in [1.54, 1.807) is 0 Å². The van der Waals surface area contributed by atoms with Crippen molar-refractivity contribution in [3.63, 3.8) is 0 Å². The standard InChI is InChI=1S/3CH5N3.2Fe.3H2O4S/c3*2-1(3)4;;;3*1-5(2,3)4/h3*(H5,2,3,4);;;3*(H2,1,2,3,4)/q;;;2*+3;;;/p-6. The number of nitrogens with one attached hydrogen (secondary N) is 3. The molecule has 0 saturated heterocycles. The molecular weight excluding hydrogens is 562 g/mol. The van der Waals surface area contributed by atoms with Crippen molar-refractivity contribution in [2.24, 2.45) is 34.4 Å². The second-order valence-electron chi connectivity index (χ2n) is 2.59. The molecule has 2 radical (unpaired) electrons. The molecule has 0 aromatic carbocycles. The van der Waals surface area contributed by atoms with Crippen LogP contribution in [0.4, 0.5) is 0 Å². The summed E-state index contributed by atoms with van der Waals surface area (Å²) in [7, 11) is -15.5. The number of rotatable bonds is 0. The molecular formula is C3H15Fe2N9O12S3. The first-order chi connectivity index (χ1) is 11.2. The maximum atomic E-state index is 8.52. The molecule has 0 aromatic heterocycles. The van der Waals surface area contributed by atoms with Gasteiger partial charge in [-0.2, -0.15) is 0 Å². The van der Waals surface area contributed by atoms with E-state index in [9.17, 15) is 0 Å². The molecule has 0 aliphatic rings. The molecule has 0 aliphatic carbocycles. The SMILES string of the molecule is N=C(N)N.N=C(N)N.N=C(N)N.O=S(=O)([O-])[O-].O=S(=O)([O-])[O-].O=S(=O)([O-])[O-].[Fe+3].[Fe+3]. The van der Waals surface area contributed by atoms with Crippen LogP contribution in [0, 0.1) is 16.2 Å². The summed E-state index contributed by atoms with van der Waals surface area (Å²) in [5, 5.41) is 18.2. The number of guanidine groups is 3. The van der Waals surface area contributed by atoms with Crippen LogP contribution in [-0.2, 0) is 65.3 Å². The van der Waals surface area contributed by atoms with Gasteiger partial charge in [-0.3, -0.25) is 41.5 Å². The van der Waals surface area contributed by atoms with Crippen LogP contribution in [-0.4, -0.2) is 70.4 Å². The van der Waals surface area contributed by atoms with Crippen LogP contribution in [0.1, 0.15) is 0 Å². The van der Waals surface area contributed by atoms with Gasteiger partial charge in [0.15, 0.2) is 17.9 Å². The zero-order valence-corrected chi connectivity index (χ0v) is 18.0. The average Bonchev–Trinajstić information content (AvgIpc) is 2.01. The summed E-state index contributed by atoms with van der Waals surface area (Å²) in [4.78, 5) is 0. The molecule has 0 fully saturated rings. The number of hydrogen-bond acceptors (Lipinski definition) is 15. The van der Waals surface area contributed by atoms with Crippen molar-refractivity contribution in [1.82, 2.24) is 0 Å². The van der Waals surface area contributed by atoms with Gasteiger partial charge < -0.3 is 61.7 Å². The zero-order chi connectivity index (χ0) is 24.2. The molecule has 0 bridgehead atoms. The van der Waals surface area contributed by atoms with Crippen molar-refractivity contribution >= 4 is 49.1 Å². The van der Waals surface area contributed by atoms with Gasteiger partial charge in [-0.05, 0) is 0 Å². The normalized spacial score (nSPS) is 8.48. The van der Waals surface area contributed by atoms with Crippen LogP contribution in [0.15, 0.2) is 0 Å². The Kier molecular flexibility index (Phi) is 46.3. The molecule has 21 nitrogen and oxygen atoms in total. The van der Waals surface area contributed by atoms with Crippen LogP contribution in [0.25, 0.3) is 0 Å². The van der Waals surface area contributed by atoms with Gasteiger partial charge in [0.1, 0.15) is 0 Å². The van der Waals surface area contributed by atoms with E-state index < -0.39 is 31.2 Å². The zero-order valence-electron chi connectivity index (χ0n) is 13.3. The van der Waals surface area contributed by atoms with E-state index in [0.717, 1.165) is 0 Å². The Balaban J connectivity index is -0.0000000301. The summed E-state index contributed by atoms with van der Waals surface area (Å²) in [6.07, 6.45) is 0. The van der Waals surface area contributed by atoms with E-state index in [1.807, 2.05) is 0 Å². The van der Waals surface area contributed by atoms with Gasteiger partial charge >= 0.3 is 34.1 Å². The predicted octanol–water partition coefficient (Wildman–Crippen LogP) is -7.50. The second kappa shape index (κ2) is 26.5. The van der Waals surface area contributed by atoms with Gasteiger partial charge in [0.2, 0.25) is 0 Å². The summed E-state index contributed by atoms with van der Waals surface area (Å²) in [5.41, 5.74) is 26.8. The number of hydrogen-bond donors (Lipinski definition) is 9. The summed E-state index contributed by atoms with van der Waals surface area (Å²) in [5.74, 6) is -1.000. The molecule has 29 heavy (non-hydrogen) atoms. The maximum Gasteiger partial charge on any atom is 3.00 e. The molecule has 26 heteroatoms. The average molecular weight is 577 g/mol. The third-order valence-electron chi connectivity index (χ3n) is 0. The quantitative estimate of drug-likeness (QED) is 0.0424. The molecule has 15 N–H and O–H groups in total. The Hall–Kier alpha value is -1.54. The van der Waals surface area contributed by atoms with Crippen molar-refractivity contribution in [3.8, 4) is 0 Å². The minimum atomic E-state index is -5.17. The molecule has 0 spiro atoms. The van der Waals surface area contributed by atoms with E-state index in [1.165, 1.54) is 0 Å².